The van der Waals surface area contributed by atoms with Crippen LogP contribution in [0.25, 0.3) is 0 Å². The predicted octanol–water partition coefficient (Wildman–Crippen LogP) is -0.477. The SMILES string of the molecule is CCCC[C@H](NN)C(=O)N(C)[C@H](CC(=O)O)C(=O)N[C@@H](Cc1ccccc1)C(N)=O. The van der Waals surface area contributed by atoms with Crippen molar-refractivity contribution in [2.75, 3.05) is 7.05 Å². The lowest BCUT2D eigenvalue weighted by Crippen LogP contribution is -2.57. The van der Waals surface area contributed by atoms with Gasteiger partial charge in [0.2, 0.25) is 17.7 Å². The highest BCUT2D eigenvalue weighted by Crippen LogP contribution is 2.11. The van der Waals surface area contributed by atoms with Crippen molar-refractivity contribution in [3.8, 4) is 0 Å². The molecule has 0 saturated heterocycles. The molecule has 0 heterocycles. The minimum Gasteiger partial charge on any atom is -0.481 e. The summed E-state index contributed by atoms with van der Waals surface area (Å²) in [5.41, 5.74) is 8.60. The Morgan fingerprint density at radius 1 is 1.13 bits per heavy atom. The number of nitrogens with two attached hydrogens (primary N) is 2. The highest BCUT2D eigenvalue weighted by atomic mass is 16.4. The van der Waals surface area contributed by atoms with Crippen LogP contribution in [0.4, 0.5) is 0 Å². The van der Waals surface area contributed by atoms with Gasteiger partial charge >= 0.3 is 5.97 Å². The number of rotatable bonds is 13. The number of benzene rings is 1. The molecule has 3 amide bonds. The van der Waals surface area contributed by atoms with Gasteiger partial charge in [0.05, 0.1) is 12.5 Å². The van der Waals surface area contributed by atoms with Crippen LogP contribution in [0.3, 0.4) is 0 Å². The molecule has 0 fully saturated rings. The van der Waals surface area contributed by atoms with Crippen LogP contribution in [-0.2, 0) is 25.6 Å². The predicted molar refractivity (Wildman–Crippen MR) is 111 cm³/mol. The van der Waals surface area contributed by atoms with Crippen molar-refractivity contribution in [1.82, 2.24) is 15.6 Å². The molecule has 0 spiro atoms. The molecule has 10 nitrogen and oxygen atoms in total. The summed E-state index contributed by atoms with van der Waals surface area (Å²) >= 11 is 0. The van der Waals surface area contributed by atoms with Crippen LogP contribution in [0.1, 0.15) is 38.2 Å². The average molecular weight is 421 g/mol. The lowest BCUT2D eigenvalue weighted by Gasteiger charge is -2.30. The maximum absolute atomic E-state index is 12.8. The lowest BCUT2D eigenvalue weighted by atomic mass is 10.0. The van der Waals surface area contributed by atoms with Gasteiger partial charge < -0.3 is 21.1 Å². The highest BCUT2D eigenvalue weighted by Gasteiger charge is 2.34. The van der Waals surface area contributed by atoms with Gasteiger partial charge in [-0.15, -0.1) is 0 Å². The van der Waals surface area contributed by atoms with Gasteiger partial charge in [-0.05, 0) is 12.0 Å². The normalized spacial score (nSPS) is 13.7. The Morgan fingerprint density at radius 2 is 1.77 bits per heavy atom. The lowest BCUT2D eigenvalue weighted by molar-refractivity contribution is -0.146. The average Bonchev–Trinajstić information content (AvgIpc) is 2.71. The number of hydrogen-bond donors (Lipinski definition) is 5. The molecule has 30 heavy (non-hydrogen) atoms. The Labute approximate surface area is 175 Å². The van der Waals surface area contributed by atoms with Crippen molar-refractivity contribution in [3.05, 3.63) is 35.9 Å². The Hall–Kier alpha value is -2.98. The third-order valence-electron chi connectivity index (χ3n) is 4.77. The van der Waals surface area contributed by atoms with Crippen molar-refractivity contribution < 1.29 is 24.3 Å². The zero-order valence-electron chi connectivity index (χ0n) is 17.3. The number of nitrogens with one attached hydrogen (secondary N) is 2. The van der Waals surface area contributed by atoms with E-state index in [-0.39, 0.29) is 6.42 Å². The van der Waals surface area contributed by atoms with Gasteiger partial charge in [-0.2, -0.15) is 0 Å². The number of hydrogen-bond acceptors (Lipinski definition) is 6. The molecule has 0 aliphatic heterocycles. The summed E-state index contributed by atoms with van der Waals surface area (Å²) in [6.45, 7) is 1.96. The second-order valence-corrected chi connectivity index (χ2v) is 7.08. The maximum atomic E-state index is 12.8. The van der Waals surface area contributed by atoms with Crippen molar-refractivity contribution in [2.45, 2.75) is 57.2 Å². The number of amides is 3. The number of hydrazine groups is 1. The van der Waals surface area contributed by atoms with Crippen LogP contribution < -0.4 is 22.3 Å². The van der Waals surface area contributed by atoms with Crippen LogP contribution in [0.15, 0.2) is 30.3 Å². The molecule has 166 valence electrons. The minimum absolute atomic E-state index is 0.142. The second-order valence-electron chi connectivity index (χ2n) is 7.08. The van der Waals surface area contributed by atoms with Gasteiger partial charge in [0.15, 0.2) is 0 Å². The van der Waals surface area contributed by atoms with Gasteiger partial charge in [-0.25, -0.2) is 5.43 Å². The van der Waals surface area contributed by atoms with E-state index in [1.54, 1.807) is 24.3 Å². The topological polar surface area (TPSA) is 168 Å². The van der Waals surface area contributed by atoms with E-state index in [4.69, 9.17) is 11.6 Å². The first-order valence-electron chi connectivity index (χ1n) is 9.79. The molecule has 0 radical (unpaired) electrons. The molecule has 0 bridgehead atoms. The summed E-state index contributed by atoms with van der Waals surface area (Å²) in [6.07, 6.45) is 1.52. The Morgan fingerprint density at radius 3 is 2.27 bits per heavy atom. The number of primary amides is 1. The number of carboxylic acids is 1. The van der Waals surface area contributed by atoms with Crippen LogP contribution in [0.2, 0.25) is 0 Å². The summed E-state index contributed by atoms with van der Waals surface area (Å²) in [5.74, 6) is 2.15. The molecule has 0 aliphatic carbocycles. The van der Waals surface area contributed by atoms with Crippen LogP contribution >= 0.6 is 0 Å². The third-order valence-corrected chi connectivity index (χ3v) is 4.77. The molecular weight excluding hydrogens is 390 g/mol. The monoisotopic (exact) mass is 421 g/mol. The largest absolute Gasteiger partial charge is 0.481 e. The third kappa shape index (κ3) is 7.80. The number of nitrogens with zero attached hydrogens (tertiary/aromatic N) is 1. The number of likely N-dealkylation sites (N-methyl/N-ethyl adjacent to an activating group) is 1. The standard InChI is InChI=1S/C20H31N5O5/c1-3-4-10-14(24-22)20(30)25(2)16(12-17(26)27)19(29)23-15(18(21)28)11-13-8-6-5-7-9-13/h5-9,14-16,24H,3-4,10-12,22H2,1-2H3,(H2,21,28)(H,23,29)(H,26,27)/t14-,15-,16+/m0/s1. The first-order chi connectivity index (χ1) is 14.2. The van der Waals surface area contributed by atoms with Crippen LogP contribution in [-0.4, -0.2) is 58.9 Å². The molecule has 1 aromatic carbocycles. The Kier molecular flexibility index (Phi) is 10.5. The van der Waals surface area contributed by atoms with E-state index in [2.05, 4.69) is 10.7 Å². The van der Waals surface area contributed by atoms with E-state index in [0.717, 1.165) is 23.3 Å². The minimum atomic E-state index is -1.33. The van der Waals surface area contributed by atoms with Gasteiger partial charge in [0.25, 0.3) is 0 Å². The quantitative estimate of drug-likeness (QED) is 0.212. The first-order valence-corrected chi connectivity index (χ1v) is 9.79. The second kappa shape index (κ2) is 12.6. The Bertz CT molecular complexity index is 728. The summed E-state index contributed by atoms with van der Waals surface area (Å²) in [5, 5.41) is 11.7. The molecule has 10 heteroatoms. The fourth-order valence-electron chi connectivity index (χ4n) is 3.00. The molecular formula is C20H31N5O5. The van der Waals surface area contributed by atoms with Gasteiger partial charge in [-0.1, -0.05) is 50.1 Å². The number of unbranched alkanes of at least 4 members (excludes halogenated alkanes) is 1. The van der Waals surface area contributed by atoms with E-state index in [1.165, 1.54) is 7.05 Å². The van der Waals surface area contributed by atoms with Crippen molar-refractivity contribution >= 4 is 23.7 Å². The van der Waals surface area contributed by atoms with Crippen molar-refractivity contribution in [2.24, 2.45) is 11.6 Å². The van der Waals surface area contributed by atoms with E-state index in [1.807, 2.05) is 13.0 Å². The van der Waals surface area contributed by atoms with Gasteiger partial charge in [-0.3, -0.25) is 25.0 Å². The molecule has 1 aromatic rings. The smallest absolute Gasteiger partial charge is 0.305 e. The van der Waals surface area contributed by atoms with Crippen molar-refractivity contribution in [1.29, 1.82) is 0 Å². The summed E-state index contributed by atoms with van der Waals surface area (Å²) in [7, 11) is 1.34. The Balaban J connectivity index is 2.98. The molecule has 0 unspecified atom stereocenters. The number of carbonyl (C=O) groups excluding carboxylic acids is 3. The van der Waals surface area contributed by atoms with Gasteiger partial charge in [0.1, 0.15) is 12.1 Å². The van der Waals surface area contributed by atoms with Crippen LogP contribution in [0, 0.1) is 0 Å². The van der Waals surface area contributed by atoms with Gasteiger partial charge in [0, 0.05) is 13.5 Å². The van der Waals surface area contributed by atoms with E-state index < -0.39 is 48.2 Å². The highest BCUT2D eigenvalue weighted by molar-refractivity contribution is 5.94. The first kappa shape index (κ1) is 25.1. The summed E-state index contributed by atoms with van der Waals surface area (Å²) in [4.78, 5) is 49.8. The zero-order valence-corrected chi connectivity index (χ0v) is 17.3. The molecule has 0 aliphatic rings. The number of carbonyl (C=O) groups is 4. The van der Waals surface area contributed by atoms with Crippen LogP contribution in [0.5, 0.6) is 0 Å². The van der Waals surface area contributed by atoms with E-state index in [9.17, 15) is 24.3 Å². The summed E-state index contributed by atoms with van der Waals surface area (Å²) in [6, 6.07) is 5.79. The zero-order chi connectivity index (χ0) is 22.7. The van der Waals surface area contributed by atoms with Crippen molar-refractivity contribution in [3.63, 3.8) is 0 Å². The molecule has 3 atom stereocenters. The fourth-order valence-corrected chi connectivity index (χ4v) is 3.00. The maximum Gasteiger partial charge on any atom is 0.305 e. The van der Waals surface area contributed by atoms with E-state index in [0.29, 0.717) is 6.42 Å². The number of carboxylic acid groups (broad SMARTS) is 1. The molecule has 7 N–H and O–H groups in total. The fraction of sp³-hybridized carbons (Fsp3) is 0.500. The van der Waals surface area contributed by atoms with E-state index >= 15 is 0 Å². The molecule has 0 aromatic heterocycles. The molecule has 1 rings (SSSR count). The summed E-state index contributed by atoms with van der Waals surface area (Å²) < 4.78 is 0. The number of aliphatic carboxylic acids is 1. The molecule has 0 saturated carbocycles.